The van der Waals surface area contributed by atoms with Gasteiger partial charge in [0, 0.05) is 6.20 Å². The number of hydrogen-bond acceptors (Lipinski definition) is 4. The Bertz CT molecular complexity index is 810. The topological polar surface area (TPSA) is 108 Å². The Morgan fingerprint density at radius 2 is 1.81 bits per heavy atom. The second-order valence-corrected chi connectivity index (χ2v) is 5.97. The first-order valence-corrected chi connectivity index (χ1v) is 7.45. The molecule has 2 aromatic rings. The number of amides is 2. The van der Waals surface area contributed by atoms with Crippen LogP contribution in [0.15, 0.2) is 52.3 Å². The quantitative estimate of drug-likeness (QED) is 0.791. The average molecular weight is 307 g/mol. The summed E-state index contributed by atoms with van der Waals surface area (Å²) in [5.74, 6) is 0. The molecule has 3 N–H and O–H groups in total. The first kappa shape index (κ1) is 14.8. The van der Waals surface area contributed by atoms with Crippen molar-refractivity contribution in [3.8, 4) is 0 Å². The van der Waals surface area contributed by atoms with Crippen molar-refractivity contribution in [3.63, 3.8) is 0 Å². The van der Waals surface area contributed by atoms with Gasteiger partial charge in [-0.2, -0.15) is 0 Å². The van der Waals surface area contributed by atoms with E-state index in [4.69, 9.17) is 0 Å². The van der Waals surface area contributed by atoms with Crippen molar-refractivity contribution < 1.29 is 13.2 Å². The number of benzene rings is 1. The highest BCUT2D eigenvalue weighted by Crippen LogP contribution is 2.10. The van der Waals surface area contributed by atoms with Gasteiger partial charge in [0.1, 0.15) is 5.69 Å². The number of nitrogens with one attached hydrogen (secondary N) is 3. The monoisotopic (exact) mass is 307 g/mol. The lowest BCUT2D eigenvalue weighted by Gasteiger charge is -2.08. The molecule has 21 heavy (non-hydrogen) atoms. The van der Waals surface area contributed by atoms with Crippen LogP contribution in [0.3, 0.4) is 0 Å². The molecule has 2 rings (SSSR count). The van der Waals surface area contributed by atoms with Crippen LogP contribution in [0, 0.1) is 6.92 Å². The number of aryl methyl sites for hydroxylation is 1. The molecule has 0 aliphatic rings. The Morgan fingerprint density at radius 3 is 2.43 bits per heavy atom. The number of pyridine rings is 1. The van der Waals surface area contributed by atoms with Crippen LogP contribution in [0.2, 0.25) is 0 Å². The number of carbonyl (C=O) groups is 1. The summed E-state index contributed by atoms with van der Waals surface area (Å²) < 4.78 is 25.8. The molecule has 1 heterocycles. The molecule has 1 aromatic heterocycles. The highest BCUT2D eigenvalue weighted by molar-refractivity contribution is 7.90. The van der Waals surface area contributed by atoms with E-state index in [1.807, 2.05) is 11.6 Å². The van der Waals surface area contributed by atoms with E-state index in [0.717, 1.165) is 5.56 Å². The van der Waals surface area contributed by atoms with Gasteiger partial charge in [0.2, 0.25) is 0 Å². The van der Waals surface area contributed by atoms with E-state index in [0.29, 0.717) is 0 Å². The van der Waals surface area contributed by atoms with Crippen LogP contribution in [0.5, 0.6) is 0 Å². The number of hydrogen-bond donors (Lipinski definition) is 3. The van der Waals surface area contributed by atoms with Crippen LogP contribution in [0.1, 0.15) is 5.56 Å². The van der Waals surface area contributed by atoms with Crippen molar-refractivity contribution in [2.24, 2.45) is 0 Å². The summed E-state index contributed by atoms with van der Waals surface area (Å²) in [5.41, 5.74) is 0.323. The molecule has 0 aliphatic carbocycles. The van der Waals surface area contributed by atoms with E-state index in [2.05, 4.69) is 10.3 Å². The Balaban J connectivity index is 2.14. The molecule has 0 aliphatic heterocycles. The zero-order valence-corrected chi connectivity index (χ0v) is 11.9. The zero-order chi connectivity index (χ0) is 15.5. The fourth-order valence-electron chi connectivity index (χ4n) is 1.57. The van der Waals surface area contributed by atoms with Gasteiger partial charge in [-0.1, -0.05) is 17.7 Å². The minimum Gasteiger partial charge on any atom is -0.327 e. The van der Waals surface area contributed by atoms with Crippen LogP contribution in [-0.2, 0) is 10.0 Å². The van der Waals surface area contributed by atoms with Crippen LogP contribution < -0.4 is 15.6 Å². The third-order valence-corrected chi connectivity index (χ3v) is 3.97. The first-order valence-electron chi connectivity index (χ1n) is 5.97. The van der Waals surface area contributed by atoms with Crippen LogP contribution in [-0.4, -0.2) is 19.4 Å². The summed E-state index contributed by atoms with van der Waals surface area (Å²) in [6.07, 6.45) is 1.40. The van der Waals surface area contributed by atoms with Crippen LogP contribution in [0.25, 0.3) is 0 Å². The molecule has 110 valence electrons. The first-order chi connectivity index (χ1) is 9.88. The van der Waals surface area contributed by atoms with E-state index >= 15 is 0 Å². The van der Waals surface area contributed by atoms with E-state index in [1.54, 1.807) is 12.1 Å². The van der Waals surface area contributed by atoms with Crippen LogP contribution >= 0.6 is 0 Å². The third kappa shape index (κ3) is 3.69. The molecule has 2 amide bonds. The molecule has 0 saturated carbocycles. The van der Waals surface area contributed by atoms with E-state index in [-0.39, 0.29) is 10.6 Å². The molecule has 0 saturated heterocycles. The van der Waals surface area contributed by atoms with Crippen molar-refractivity contribution in [3.05, 3.63) is 58.5 Å². The lowest BCUT2D eigenvalue weighted by molar-refractivity contribution is 0.256. The third-order valence-electron chi connectivity index (χ3n) is 2.62. The van der Waals surface area contributed by atoms with Gasteiger partial charge in [0.15, 0.2) is 0 Å². The predicted octanol–water partition coefficient (Wildman–Crippen LogP) is 1.19. The molecule has 0 spiro atoms. The molecule has 0 fully saturated rings. The number of rotatable bonds is 3. The van der Waals surface area contributed by atoms with Crippen molar-refractivity contribution in [2.45, 2.75) is 11.8 Å². The Hall–Kier alpha value is -2.61. The molecule has 7 nitrogen and oxygen atoms in total. The maximum Gasteiger partial charge on any atom is 0.333 e. The number of carbonyl (C=O) groups excluding carboxylic acids is 1. The van der Waals surface area contributed by atoms with Crippen molar-refractivity contribution in [1.29, 1.82) is 0 Å². The number of aromatic amines is 1. The maximum atomic E-state index is 12.0. The smallest absolute Gasteiger partial charge is 0.327 e. The molecule has 0 radical (unpaired) electrons. The maximum absolute atomic E-state index is 12.0. The number of H-pyrrole nitrogens is 1. The van der Waals surface area contributed by atoms with Gasteiger partial charge < -0.3 is 10.3 Å². The molecule has 8 heteroatoms. The second kappa shape index (κ2) is 5.80. The summed E-state index contributed by atoms with van der Waals surface area (Å²) in [4.78, 5) is 25.4. The summed E-state index contributed by atoms with van der Waals surface area (Å²) >= 11 is 0. The second-order valence-electron chi connectivity index (χ2n) is 4.29. The molecular formula is C13H13N3O4S. The average Bonchev–Trinajstić information content (AvgIpc) is 2.41. The Morgan fingerprint density at radius 1 is 1.14 bits per heavy atom. The predicted molar refractivity (Wildman–Crippen MR) is 77.6 cm³/mol. The fraction of sp³-hybridized carbons (Fsp3) is 0.0769. The van der Waals surface area contributed by atoms with Gasteiger partial charge in [-0.25, -0.2) is 17.9 Å². The standard InChI is InChI=1S/C13H13N3O4S/c1-9-4-6-10(7-5-9)21(19,20)16-13(18)15-11-3-2-8-14-12(11)17/h2-8H,1H3,(H,14,17)(H2,15,16,18). The van der Waals surface area contributed by atoms with Crippen molar-refractivity contribution in [2.75, 3.05) is 5.32 Å². The number of sulfonamides is 1. The molecule has 1 aromatic carbocycles. The van der Waals surface area contributed by atoms with Crippen molar-refractivity contribution in [1.82, 2.24) is 9.71 Å². The normalized spacial score (nSPS) is 10.9. The minimum atomic E-state index is -3.98. The van der Waals surface area contributed by atoms with Crippen LogP contribution in [0.4, 0.5) is 10.5 Å². The molecule has 0 bridgehead atoms. The van der Waals surface area contributed by atoms with E-state index in [1.165, 1.54) is 30.5 Å². The summed E-state index contributed by atoms with van der Waals surface area (Å²) in [5, 5.41) is 2.17. The van der Waals surface area contributed by atoms with Gasteiger partial charge >= 0.3 is 6.03 Å². The minimum absolute atomic E-state index is 0.0368. The number of anilines is 1. The Kier molecular flexibility index (Phi) is 4.08. The number of aromatic nitrogens is 1. The van der Waals surface area contributed by atoms with Gasteiger partial charge in [-0.05, 0) is 31.2 Å². The lowest BCUT2D eigenvalue weighted by atomic mass is 10.2. The van der Waals surface area contributed by atoms with Gasteiger partial charge in [0.05, 0.1) is 4.90 Å². The SMILES string of the molecule is Cc1ccc(S(=O)(=O)NC(=O)Nc2ccc[nH]c2=O)cc1. The van der Waals surface area contributed by atoms with Crippen molar-refractivity contribution >= 4 is 21.7 Å². The largest absolute Gasteiger partial charge is 0.333 e. The molecular weight excluding hydrogens is 294 g/mol. The number of urea groups is 1. The fourth-order valence-corrected chi connectivity index (χ4v) is 2.47. The van der Waals surface area contributed by atoms with Gasteiger partial charge in [-0.15, -0.1) is 0 Å². The summed E-state index contributed by atoms with van der Waals surface area (Å²) in [7, 11) is -3.98. The van der Waals surface area contributed by atoms with E-state index < -0.39 is 21.6 Å². The zero-order valence-electron chi connectivity index (χ0n) is 11.1. The van der Waals surface area contributed by atoms with Gasteiger partial charge in [-0.3, -0.25) is 4.79 Å². The lowest BCUT2D eigenvalue weighted by Crippen LogP contribution is -2.35. The summed E-state index contributed by atoms with van der Waals surface area (Å²) in [6, 6.07) is 7.87. The molecule has 0 unspecified atom stereocenters. The summed E-state index contributed by atoms with van der Waals surface area (Å²) in [6.45, 7) is 1.82. The molecule has 0 atom stereocenters. The highest BCUT2D eigenvalue weighted by Gasteiger charge is 2.17. The Labute approximate surface area is 121 Å². The van der Waals surface area contributed by atoms with Gasteiger partial charge in [0.25, 0.3) is 15.6 Å². The van der Waals surface area contributed by atoms with E-state index in [9.17, 15) is 18.0 Å². The highest BCUT2D eigenvalue weighted by atomic mass is 32.2.